The zero-order chi connectivity index (χ0) is 23.1. The van der Waals surface area contributed by atoms with Crippen LogP contribution in [0.3, 0.4) is 0 Å². The smallest absolute Gasteiger partial charge is 0.326 e. The molecular weight excluding hydrogens is 412 g/mol. The van der Waals surface area contributed by atoms with Crippen molar-refractivity contribution in [3.8, 4) is 0 Å². The maximum Gasteiger partial charge on any atom is 0.326 e. The van der Waals surface area contributed by atoms with Crippen LogP contribution in [0.5, 0.6) is 0 Å². The van der Waals surface area contributed by atoms with E-state index in [2.05, 4.69) is 5.32 Å². The van der Waals surface area contributed by atoms with E-state index >= 15 is 0 Å². The number of esters is 1. The lowest BCUT2D eigenvalue weighted by Gasteiger charge is -2.45. The lowest BCUT2D eigenvalue weighted by atomic mass is 9.83. The Kier molecular flexibility index (Phi) is 8.64. The molecule has 4 unspecified atom stereocenters. The first-order chi connectivity index (χ1) is 15.4. The number of nitrogens with zero attached hydrogens (tertiary/aromatic N) is 1. The number of rotatable bonds is 9. The molecule has 0 saturated carbocycles. The number of piperidine rings is 1. The minimum atomic E-state index is -0.971. The number of fused-ring (bicyclic) bond motifs is 1. The minimum Gasteiger partial charge on any atom is -0.480 e. The van der Waals surface area contributed by atoms with Gasteiger partial charge in [0.2, 0.25) is 5.91 Å². The normalized spacial score (nSPS) is 24.8. The Bertz CT molecular complexity index is 786. The van der Waals surface area contributed by atoms with E-state index in [1.54, 1.807) is 13.8 Å². The van der Waals surface area contributed by atoms with Crippen molar-refractivity contribution in [1.29, 1.82) is 0 Å². The van der Waals surface area contributed by atoms with Crippen molar-refractivity contribution in [1.82, 2.24) is 10.2 Å². The van der Waals surface area contributed by atoms with Crippen LogP contribution in [0.1, 0.15) is 51.0 Å². The summed E-state index contributed by atoms with van der Waals surface area (Å²) in [6, 6.07) is 8.03. The standard InChI is InChI=1S/C24H34N2O6/c1-3-31-24(30)19(17-8-5-4-6-9-17)11-12-25-16(2)22(27)26-15-21-18(10-7-13-32-21)14-20(26)23(28)29/h4-6,8-9,16,18-21,25H,3,7,10-15H2,1-2H3,(H,28,29)/t16-,18?,19?,20?,21?/m0/s1. The largest absolute Gasteiger partial charge is 0.480 e. The van der Waals surface area contributed by atoms with Gasteiger partial charge in [-0.3, -0.25) is 9.59 Å². The molecule has 0 spiro atoms. The average Bonchev–Trinajstić information content (AvgIpc) is 2.81. The second-order valence-electron chi connectivity index (χ2n) is 8.57. The summed E-state index contributed by atoms with van der Waals surface area (Å²) >= 11 is 0. The van der Waals surface area contributed by atoms with Gasteiger partial charge in [0.25, 0.3) is 0 Å². The molecule has 0 radical (unpaired) electrons. The molecule has 1 amide bonds. The van der Waals surface area contributed by atoms with Gasteiger partial charge in [-0.25, -0.2) is 4.79 Å². The third-order valence-electron chi connectivity index (χ3n) is 6.45. The number of carboxylic acid groups (broad SMARTS) is 1. The zero-order valence-electron chi connectivity index (χ0n) is 18.9. The number of ether oxygens (including phenoxy) is 2. The lowest BCUT2D eigenvalue weighted by Crippen LogP contribution is -2.60. The monoisotopic (exact) mass is 446 g/mol. The molecule has 2 heterocycles. The summed E-state index contributed by atoms with van der Waals surface area (Å²) < 4.78 is 11.1. The van der Waals surface area contributed by atoms with Gasteiger partial charge in [0, 0.05) is 13.2 Å². The fourth-order valence-electron chi connectivity index (χ4n) is 4.72. The third kappa shape index (κ3) is 5.86. The average molecular weight is 447 g/mol. The number of nitrogens with one attached hydrogen (secondary N) is 1. The number of carboxylic acids is 1. The SMILES string of the molecule is CCOC(=O)C(CCN[C@@H](C)C(=O)N1CC2OCCCC2CC1C(=O)O)c1ccccc1. The fourth-order valence-corrected chi connectivity index (χ4v) is 4.72. The van der Waals surface area contributed by atoms with Crippen molar-refractivity contribution in [3.05, 3.63) is 35.9 Å². The van der Waals surface area contributed by atoms with Crippen LogP contribution >= 0.6 is 0 Å². The molecule has 0 aliphatic carbocycles. The summed E-state index contributed by atoms with van der Waals surface area (Å²) in [5.74, 6) is -1.75. The molecule has 2 fully saturated rings. The van der Waals surface area contributed by atoms with Gasteiger partial charge in [0.1, 0.15) is 6.04 Å². The van der Waals surface area contributed by atoms with Crippen molar-refractivity contribution in [2.75, 3.05) is 26.3 Å². The van der Waals surface area contributed by atoms with Crippen LogP contribution in [0, 0.1) is 5.92 Å². The second kappa shape index (κ2) is 11.4. The van der Waals surface area contributed by atoms with E-state index < -0.39 is 24.0 Å². The molecule has 1 aromatic rings. The van der Waals surface area contributed by atoms with Gasteiger partial charge in [-0.05, 0) is 57.6 Å². The highest BCUT2D eigenvalue weighted by Gasteiger charge is 2.43. The number of hydrogen-bond acceptors (Lipinski definition) is 6. The predicted molar refractivity (Wildman–Crippen MR) is 118 cm³/mol. The molecule has 0 aromatic heterocycles. The van der Waals surface area contributed by atoms with Gasteiger partial charge in [-0.2, -0.15) is 0 Å². The lowest BCUT2D eigenvalue weighted by molar-refractivity contribution is -0.162. The number of aliphatic carboxylic acids is 1. The number of amides is 1. The van der Waals surface area contributed by atoms with E-state index in [-0.39, 0.29) is 23.9 Å². The Balaban J connectivity index is 1.60. The molecule has 2 N–H and O–H groups in total. The molecule has 32 heavy (non-hydrogen) atoms. The third-order valence-corrected chi connectivity index (χ3v) is 6.45. The maximum absolute atomic E-state index is 13.1. The van der Waals surface area contributed by atoms with Gasteiger partial charge in [0.05, 0.1) is 24.7 Å². The van der Waals surface area contributed by atoms with Crippen LogP contribution in [0.4, 0.5) is 0 Å². The molecule has 5 atom stereocenters. The highest BCUT2D eigenvalue weighted by Crippen LogP contribution is 2.32. The molecule has 2 aliphatic rings. The Morgan fingerprint density at radius 2 is 2.03 bits per heavy atom. The summed E-state index contributed by atoms with van der Waals surface area (Å²) in [5, 5.41) is 12.9. The highest BCUT2D eigenvalue weighted by atomic mass is 16.5. The van der Waals surface area contributed by atoms with Gasteiger partial charge in [0.15, 0.2) is 0 Å². The van der Waals surface area contributed by atoms with Crippen LogP contribution in [-0.4, -0.2) is 72.3 Å². The van der Waals surface area contributed by atoms with E-state index in [1.165, 1.54) is 4.90 Å². The van der Waals surface area contributed by atoms with Crippen molar-refractivity contribution in [2.24, 2.45) is 5.92 Å². The molecular formula is C24H34N2O6. The first-order valence-electron chi connectivity index (χ1n) is 11.5. The Labute approximate surface area is 189 Å². The number of carbonyl (C=O) groups is 3. The summed E-state index contributed by atoms with van der Waals surface area (Å²) in [4.78, 5) is 38.9. The summed E-state index contributed by atoms with van der Waals surface area (Å²) in [7, 11) is 0. The van der Waals surface area contributed by atoms with E-state index in [1.807, 2.05) is 30.3 Å². The Hall–Kier alpha value is -2.45. The quantitative estimate of drug-likeness (QED) is 0.560. The molecule has 8 heteroatoms. The van der Waals surface area contributed by atoms with E-state index in [9.17, 15) is 19.5 Å². The van der Waals surface area contributed by atoms with E-state index in [0.29, 0.717) is 39.1 Å². The van der Waals surface area contributed by atoms with Crippen molar-refractivity contribution >= 4 is 17.8 Å². The van der Waals surface area contributed by atoms with Gasteiger partial charge >= 0.3 is 11.9 Å². The van der Waals surface area contributed by atoms with Crippen LogP contribution in [0.15, 0.2) is 30.3 Å². The molecule has 0 bridgehead atoms. The van der Waals surface area contributed by atoms with Crippen LogP contribution in [0.25, 0.3) is 0 Å². The zero-order valence-corrected chi connectivity index (χ0v) is 18.9. The second-order valence-corrected chi connectivity index (χ2v) is 8.57. The molecule has 2 aliphatic heterocycles. The number of hydrogen-bond donors (Lipinski definition) is 2. The summed E-state index contributed by atoms with van der Waals surface area (Å²) in [5.41, 5.74) is 0.870. The number of likely N-dealkylation sites (tertiary alicyclic amines) is 1. The van der Waals surface area contributed by atoms with Crippen LogP contribution < -0.4 is 5.32 Å². The fraction of sp³-hybridized carbons (Fsp3) is 0.625. The summed E-state index contributed by atoms with van der Waals surface area (Å²) in [6.07, 6.45) is 2.68. The van der Waals surface area contributed by atoms with E-state index in [4.69, 9.17) is 9.47 Å². The number of benzene rings is 1. The van der Waals surface area contributed by atoms with Gasteiger partial charge in [-0.1, -0.05) is 30.3 Å². The Morgan fingerprint density at radius 1 is 1.28 bits per heavy atom. The molecule has 176 valence electrons. The molecule has 2 saturated heterocycles. The maximum atomic E-state index is 13.1. The molecule has 8 nitrogen and oxygen atoms in total. The topological polar surface area (TPSA) is 105 Å². The van der Waals surface area contributed by atoms with Crippen molar-refractivity contribution in [3.63, 3.8) is 0 Å². The van der Waals surface area contributed by atoms with Crippen LogP contribution in [0.2, 0.25) is 0 Å². The number of carbonyl (C=O) groups excluding carboxylic acids is 2. The van der Waals surface area contributed by atoms with Crippen molar-refractivity contribution < 1.29 is 29.0 Å². The van der Waals surface area contributed by atoms with Crippen molar-refractivity contribution in [2.45, 2.75) is 63.6 Å². The van der Waals surface area contributed by atoms with E-state index in [0.717, 1.165) is 18.4 Å². The minimum absolute atomic E-state index is 0.0956. The summed E-state index contributed by atoms with van der Waals surface area (Å²) in [6.45, 7) is 5.19. The Morgan fingerprint density at radius 3 is 2.72 bits per heavy atom. The molecule has 1 aromatic carbocycles. The predicted octanol–water partition coefficient (Wildman–Crippen LogP) is 2.18. The first-order valence-corrected chi connectivity index (χ1v) is 11.5. The van der Waals surface area contributed by atoms with Crippen LogP contribution in [-0.2, 0) is 23.9 Å². The highest BCUT2D eigenvalue weighted by molar-refractivity contribution is 5.87. The van der Waals surface area contributed by atoms with Gasteiger partial charge in [-0.15, -0.1) is 0 Å². The van der Waals surface area contributed by atoms with Gasteiger partial charge < -0.3 is 24.8 Å². The molecule has 3 rings (SSSR count). The first kappa shape index (κ1) is 24.2.